The van der Waals surface area contributed by atoms with Crippen LogP contribution in [0.3, 0.4) is 0 Å². The smallest absolute Gasteiger partial charge is 0.326 e. The minimum Gasteiger partial charge on any atom is -0.480 e. The van der Waals surface area contributed by atoms with E-state index in [4.69, 9.17) is 10.8 Å². The number of nitrogens with zero attached hydrogens (tertiary/aromatic N) is 1. The van der Waals surface area contributed by atoms with Crippen LogP contribution in [0, 0.1) is 5.92 Å². The average Bonchev–Trinajstić information content (AvgIpc) is 2.35. The Kier molecular flexibility index (Phi) is 6.23. The van der Waals surface area contributed by atoms with Crippen molar-refractivity contribution in [2.24, 2.45) is 11.7 Å². The molecule has 1 unspecified atom stereocenters. The van der Waals surface area contributed by atoms with Gasteiger partial charge in [-0.05, 0) is 32.4 Å². The Morgan fingerprint density at radius 3 is 2.70 bits per heavy atom. The van der Waals surface area contributed by atoms with Crippen LogP contribution in [0.15, 0.2) is 0 Å². The SMILES string of the molecule is CN1CCCC(CNC(=O)N[C@@H](CC(N)=O)C(=O)O)C1. The molecular formula is C12H22N4O4. The van der Waals surface area contributed by atoms with E-state index in [0.717, 1.165) is 25.9 Å². The highest BCUT2D eigenvalue weighted by Gasteiger charge is 2.23. The second-order valence-electron chi connectivity index (χ2n) is 5.19. The maximum absolute atomic E-state index is 11.6. The van der Waals surface area contributed by atoms with Gasteiger partial charge in [0.15, 0.2) is 0 Å². The van der Waals surface area contributed by atoms with Crippen LogP contribution < -0.4 is 16.4 Å². The first-order valence-electron chi connectivity index (χ1n) is 6.62. The molecule has 1 rings (SSSR count). The Balaban J connectivity index is 2.34. The molecule has 1 aliphatic heterocycles. The molecule has 20 heavy (non-hydrogen) atoms. The number of primary amides is 1. The Morgan fingerprint density at radius 2 is 2.15 bits per heavy atom. The Labute approximate surface area is 117 Å². The number of carboxylic acid groups (broad SMARTS) is 1. The van der Waals surface area contributed by atoms with Crippen LogP contribution in [0.2, 0.25) is 0 Å². The van der Waals surface area contributed by atoms with E-state index in [2.05, 4.69) is 15.5 Å². The molecule has 5 N–H and O–H groups in total. The number of nitrogens with one attached hydrogen (secondary N) is 2. The second kappa shape index (κ2) is 7.68. The summed E-state index contributed by atoms with van der Waals surface area (Å²) in [7, 11) is 2.03. The minimum atomic E-state index is -1.29. The van der Waals surface area contributed by atoms with Crippen molar-refractivity contribution < 1.29 is 19.5 Å². The normalized spacial score (nSPS) is 20.9. The van der Waals surface area contributed by atoms with Gasteiger partial charge < -0.3 is 26.4 Å². The molecule has 8 heteroatoms. The zero-order chi connectivity index (χ0) is 15.1. The van der Waals surface area contributed by atoms with E-state index in [9.17, 15) is 14.4 Å². The lowest BCUT2D eigenvalue weighted by molar-refractivity contribution is -0.140. The third-order valence-electron chi connectivity index (χ3n) is 3.28. The Bertz CT molecular complexity index is 374. The molecule has 1 aliphatic rings. The number of rotatable bonds is 6. The first-order chi connectivity index (χ1) is 9.38. The summed E-state index contributed by atoms with van der Waals surface area (Å²) in [5.74, 6) is -1.69. The number of carbonyl (C=O) groups excluding carboxylic acids is 2. The standard InChI is InChI=1S/C12H22N4O4/c1-16-4-2-3-8(7-16)6-14-12(20)15-9(11(18)19)5-10(13)17/h8-9H,2-7H2,1H3,(H2,13,17)(H,18,19)(H2,14,15,20)/t8?,9-/m0/s1. The number of nitrogens with two attached hydrogens (primary N) is 1. The highest BCUT2D eigenvalue weighted by Crippen LogP contribution is 2.13. The number of amides is 3. The molecule has 0 radical (unpaired) electrons. The lowest BCUT2D eigenvalue weighted by Gasteiger charge is -2.29. The van der Waals surface area contributed by atoms with E-state index in [-0.39, 0.29) is 0 Å². The molecule has 8 nitrogen and oxygen atoms in total. The number of aliphatic carboxylic acids is 1. The first kappa shape index (κ1) is 16.2. The van der Waals surface area contributed by atoms with E-state index in [0.29, 0.717) is 12.5 Å². The highest BCUT2D eigenvalue weighted by atomic mass is 16.4. The topological polar surface area (TPSA) is 125 Å². The van der Waals surface area contributed by atoms with Gasteiger partial charge in [-0.15, -0.1) is 0 Å². The van der Waals surface area contributed by atoms with Gasteiger partial charge >= 0.3 is 12.0 Å². The minimum absolute atomic E-state index is 0.360. The number of hydrogen-bond acceptors (Lipinski definition) is 4. The van der Waals surface area contributed by atoms with Gasteiger partial charge in [0.2, 0.25) is 5.91 Å². The van der Waals surface area contributed by atoms with Crippen molar-refractivity contribution in [2.45, 2.75) is 25.3 Å². The Morgan fingerprint density at radius 1 is 1.45 bits per heavy atom. The third-order valence-corrected chi connectivity index (χ3v) is 3.28. The van der Waals surface area contributed by atoms with Gasteiger partial charge in [0, 0.05) is 13.1 Å². The van der Waals surface area contributed by atoms with Gasteiger partial charge in [-0.2, -0.15) is 0 Å². The fourth-order valence-corrected chi connectivity index (χ4v) is 2.29. The summed E-state index contributed by atoms with van der Waals surface area (Å²) >= 11 is 0. The quantitative estimate of drug-likeness (QED) is 0.496. The molecule has 114 valence electrons. The summed E-state index contributed by atoms with van der Waals surface area (Å²) < 4.78 is 0. The van der Waals surface area contributed by atoms with Crippen LogP contribution in [0.5, 0.6) is 0 Å². The molecule has 0 aromatic rings. The fraction of sp³-hybridized carbons (Fsp3) is 0.750. The number of likely N-dealkylation sites (tertiary alicyclic amines) is 1. The molecule has 3 amide bonds. The predicted molar refractivity (Wildman–Crippen MR) is 72.0 cm³/mol. The molecular weight excluding hydrogens is 264 g/mol. The molecule has 0 bridgehead atoms. The fourth-order valence-electron chi connectivity index (χ4n) is 2.29. The van der Waals surface area contributed by atoms with Gasteiger partial charge in [0.1, 0.15) is 6.04 Å². The van der Waals surface area contributed by atoms with Gasteiger partial charge in [0.05, 0.1) is 6.42 Å². The van der Waals surface area contributed by atoms with E-state index in [1.54, 1.807) is 0 Å². The molecule has 0 aromatic carbocycles. The van der Waals surface area contributed by atoms with E-state index in [1.165, 1.54) is 0 Å². The van der Waals surface area contributed by atoms with Gasteiger partial charge in [-0.1, -0.05) is 0 Å². The number of urea groups is 1. The maximum Gasteiger partial charge on any atom is 0.326 e. The molecule has 1 heterocycles. The van der Waals surface area contributed by atoms with Crippen molar-refractivity contribution in [3.05, 3.63) is 0 Å². The number of piperidine rings is 1. The van der Waals surface area contributed by atoms with Crippen LogP contribution in [-0.2, 0) is 9.59 Å². The molecule has 0 aromatic heterocycles. The zero-order valence-electron chi connectivity index (χ0n) is 11.6. The summed E-state index contributed by atoms with van der Waals surface area (Å²) in [6.07, 6.45) is 1.70. The van der Waals surface area contributed by atoms with E-state index >= 15 is 0 Å². The largest absolute Gasteiger partial charge is 0.480 e. The van der Waals surface area contributed by atoms with Crippen LogP contribution in [0.1, 0.15) is 19.3 Å². The summed E-state index contributed by atoms with van der Waals surface area (Å²) in [5, 5.41) is 13.7. The summed E-state index contributed by atoms with van der Waals surface area (Å²) in [5.41, 5.74) is 4.93. The van der Waals surface area contributed by atoms with Crippen molar-refractivity contribution in [1.82, 2.24) is 15.5 Å². The van der Waals surface area contributed by atoms with Crippen LogP contribution in [-0.4, -0.2) is 60.6 Å². The second-order valence-corrected chi connectivity index (χ2v) is 5.19. The molecule has 2 atom stereocenters. The van der Waals surface area contributed by atoms with Crippen molar-refractivity contribution in [2.75, 3.05) is 26.7 Å². The number of hydrogen-bond donors (Lipinski definition) is 4. The van der Waals surface area contributed by atoms with Crippen molar-refractivity contribution in [3.63, 3.8) is 0 Å². The molecule has 1 saturated heterocycles. The monoisotopic (exact) mass is 286 g/mol. The van der Waals surface area contributed by atoms with E-state index < -0.39 is 30.4 Å². The number of carboxylic acids is 1. The van der Waals surface area contributed by atoms with Gasteiger partial charge in [0.25, 0.3) is 0 Å². The number of carbonyl (C=O) groups is 3. The third kappa shape index (κ3) is 5.87. The van der Waals surface area contributed by atoms with Crippen LogP contribution >= 0.6 is 0 Å². The van der Waals surface area contributed by atoms with Crippen molar-refractivity contribution in [3.8, 4) is 0 Å². The van der Waals surface area contributed by atoms with Gasteiger partial charge in [-0.25, -0.2) is 9.59 Å². The van der Waals surface area contributed by atoms with E-state index in [1.807, 2.05) is 7.05 Å². The lowest BCUT2D eigenvalue weighted by Crippen LogP contribution is -2.49. The lowest BCUT2D eigenvalue weighted by atomic mass is 9.99. The van der Waals surface area contributed by atoms with Crippen molar-refractivity contribution >= 4 is 17.9 Å². The summed E-state index contributed by atoms with van der Waals surface area (Å²) in [4.78, 5) is 35.4. The predicted octanol–water partition coefficient (Wildman–Crippen LogP) is -1.04. The molecule has 0 aliphatic carbocycles. The van der Waals surface area contributed by atoms with Crippen molar-refractivity contribution in [1.29, 1.82) is 0 Å². The zero-order valence-corrected chi connectivity index (χ0v) is 11.6. The highest BCUT2D eigenvalue weighted by molar-refractivity contribution is 5.87. The summed E-state index contributed by atoms with van der Waals surface area (Å²) in [6, 6.07) is -1.88. The Hall–Kier alpha value is -1.83. The van der Waals surface area contributed by atoms with Crippen LogP contribution in [0.4, 0.5) is 4.79 Å². The molecule has 0 saturated carbocycles. The molecule has 0 spiro atoms. The molecule has 1 fully saturated rings. The average molecular weight is 286 g/mol. The van der Waals surface area contributed by atoms with Crippen LogP contribution in [0.25, 0.3) is 0 Å². The maximum atomic E-state index is 11.6. The summed E-state index contributed by atoms with van der Waals surface area (Å²) in [6.45, 7) is 2.45. The van der Waals surface area contributed by atoms with Gasteiger partial charge in [-0.3, -0.25) is 4.79 Å². The first-order valence-corrected chi connectivity index (χ1v) is 6.62.